The van der Waals surface area contributed by atoms with Gasteiger partial charge >= 0.3 is 0 Å². The van der Waals surface area contributed by atoms with Crippen LogP contribution >= 0.6 is 0 Å². The molecule has 0 spiro atoms. The Morgan fingerprint density at radius 2 is 1.61 bits per heavy atom. The summed E-state index contributed by atoms with van der Waals surface area (Å²) in [7, 11) is 0. The molecule has 1 N–H and O–H groups in total. The minimum absolute atomic E-state index is 0.104. The van der Waals surface area contributed by atoms with Crippen molar-refractivity contribution in [3.05, 3.63) is 102 Å². The Kier molecular flexibility index (Phi) is 6.05. The van der Waals surface area contributed by atoms with Crippen molar-refractivity contribution in [3.8, 4) is 17.3 Å². The first-order chi connectivity index (χ1) is 15.2. The number of nitrogens with one attached hydrogen (secondary N) is 1. The Hall–Kier alpha value is -3.97. The van der Waals surface area contributed by atoms with Gasteiger partial charge in [-0.1, -0.05) is 85.8 Å². The van der Waals surface area contributed by atoms with Crippen LogP contribution in [0.1, 0.15) is 40.9 Å². The van der Waals surface area contributed by atoms with Gasteiger partial charge in [0.05, 0.1) is 35.3 Å². The van der Waals surface area contributed by atoms with Crippen LogP contribution in [0.2, 0.25) is 0 Å². The highest BCUT2D eigenvalue weighted by molar-refractivity contribution is 6.09. The lowest BCUT2D eigenvalue weighted by atomic mass is 9.93. The third kappa shape index (κ3) is 4.17. The molecule has 1 unspecified atom stereocenters. The summed E-state index contributed by atoms with van der Waals surface area (Å²) in [5, 5.41) is 13.5. The van der Waals surface area contributed by atoms with Crippen molar-refractivity contribution in [3.63, 3.8) is 0 Å². The summed E-state index contributed by atoms with van der Waals surface area (Å²) in [6.45, 7) is 2.05. The average Bonchev–Trinajstić information content (AvgIpc) is 2.83. The number of nitrogens with zero attached hydrogens (tertiary/aromatic N) is 2. The van der Waals surface area contributed by atoms with Gasteiger partial charge < -0.3 is 5.32 Å². The van der Waals surface area contributed by atoms with Crippen molar-refractivity contribution in [1.82, 2.24) is 10.3 Å². The predicted octanol–water partition coefficient (Wildman–Crippen LogP) is 5.85. The topological polar surface area (TPSA) is 65.8 Å². The van der Waals surface area contributed by atoms with Gasteiger partial charge in [0.15, 0.2) is 0 Å². The molecule has 1 aromatic heterocycles. The third-order valence-electron chi connectivity index (χ3n) is 5.44. The molecule has 4 rings (SSSR count). The first-order valence-electron chi connectivity index (χ1n) is 10.4. The van der Waals surface area contributed by atoms with Crippen LogP contribution in [0, 0.1) is 11.3 Å². The molecule has 0 aliphatic carbocycles. The van der Waals surface area contributed by atoms with E-state index in [0.29, 0.717) is 16.8 Å². The highest BCUT2D eigenvalue weighted by atomic mass is 16.1. The summed E-state index contributed by atoms with van der Waals surface area (Å²) in [5.41, 5.74) is 4.55. The smallest absolute Gasteiger partial charge is 0.252 e. The van der Waals surface area contributed by atoms with Gasteiger partial charge in [-0.15, -0.1) is 0 Å². The maximum atomic E-state index is 13.6. The van der Waals surface area contributed by atoms with Gasteiger partial charge in [0.2, 0.25) is 0 Å². The van der Waals surface area contributed by atoms with Crippen molar-refractivity contribution in [2.24, 2.45) is 0 Å². The van der Waals surface area contributed by atoms with Crippen molar-refractivity contribution in [1.29, 1.82) is 5.26 Å². The Morgan fingerprint density at radius 1 is 0.968 bits per heavy atom. The van der Waals surface area contributed by atoms with Crippen molar-refractivity contribution >= 4 is 16.8 Å². The molecule has 4 heteroatoms. The summed E-state index contributed by atoms with van der Waals surface area (Å²) in [4.78, 5) is 18.5. The van der Waals surface area contributed by atoms with Crippen molar-refractivity contribution < 1.29 is 4.79 Å². The Morgan fingerprint density at radius 3 is 2.29 bits per heavy atom. The van der Waals surface area contributed by atoms with Gasteiger partial charge in [-0.05, 0) is 18.1 Å². The zero-order valence-electron chi connectivity index (χ0n) is 17.4. The van der Waals surface area contributed by atoms with Crippen LogP contribution < -0.4 is 5.32 Å². The number of benzene rings is 3. The largest absolute Gasteiger partial charge is 0.345 e. The van der Waals surface area contributed by atoms with Gasteiger partial charge in [0.25, 0.3) is 5.91 Å². The van der Waals surface area contributed by atoms with E-state index in [0.717, 1.165) is 28.5 Å². The number of carbonyl (C=O) groups excluding carboxylic acids is 1. The number of para-hydroxylation sites is 1. The number of pyridine rings is 1. The second-order valence-corrected chi connectivity index (χ2v) is 7.38. The van der Waals surface area contributed by atoms with Gasteiger partial charge in [-0.3, -0.25) is 4.79 Å². The number of nitriles is 1. The highest BCUT2D eigenvalue weighted by Crippen LogP contribution is 2.31. The summed E-state index contributed by atoms with van der Waals surface area (Å²) < 4.78 is 0. The summed E-state index contributed by atoms with van der Waals surface area (Å²) in [6.07, 6.45) is 0.866. The molecule has 1 atom stereocenters. The fraction of sp³-hybridized carbons (Fsp3) is 0.148. The lowest BCUT2D eigenvalue weighted by Crippen LogP contribution is -2.29. The SMILES string of the molecule is CCC(NC(=O)c1c(CC#N)c(-c2ccccc2)nc2ccccc12)c1ccccc1. The maximum absolute atomic E-state index is 13.6. The molecule has 4 aromatic rings. The van der Waals surface area contributed by atoms with E-state index in [2.05, 4.69) is 11.4 Å². The summed E-state index contributed by atoms with van der Waals surface area (Å²) in [5.74, 6) is -0.184. The number of hydrogen-bond donors (Lipinski definition) is 1. The predicted molar refractivity (Wildman–Crippen MR) is 123 cm³/mol. The molecule has 1 heterocycles. The van der Waals surface area contributed by atoms with E-state index in [1.54, 1.807) is 0 Å². The number of amides is 1. The normalized spacial score (nSPS) is 11.6. The highest BCUT2D eigenvalue weighted by Gasteiger charge is 2.23. The molecule has 0 aliphatic rings. The molecule has 4 nitrogen and oxygen atoms in total. The molecule has 0 bridgehead atoms. The van der Waals surface area contributed by atoms with Gasteiger partial charge in [0, 0.05) is 16.5 Å². The zero-order valence-corrected chi connectivity index (χ0v) is 17.4. The quantitative estimate of drug-likeness (QED) is 0.438. The number of fused-ring (bicyclic) bond motifs is 1. The fourth-order valence-electron chi connectivity index (χ4n) is 3.93. The van der Waals surface area contributed by atoms with Crippen molar-refractivity contribution in [2.75, 3.05) is 0 Å². The third-order valence-corrected chi connectivity index (χ3v) is 5.44. The molecule has 152 valence electrons. The molecule has 0 radical (unpaired) electrons. The molecule has 0 saturated carbocycles. The molecule has 0 fully saturated rings. The average molecular weight is 406 g/mol. The van der Waals surface area contributed by atoms with Crippen LogP contribution in [0.5, 0.6) is 0 Å². The summed E-state index contributed by atoms with van der Waals surface area (Å²) in [6, 6.07) is 29.4. The molecule has 1 amide bonds. The van der Waals surface area contributed by atoms with Crippen LogP contribution in [-0.2, 0) is 6.42 Å². The van der Waals surface area contributed by atoms with E-state index in [4.69, 9.17) is 4.98 Å². The molecule has 3 aromatic carbocycles. The molecule has 0 saturated heterocycles. The number of carbonyl (C=O) groups is 1. The first-order valence-corrected chi connectivity index (χ1v) is 10.4. The lowest BCUT2D eigenvalue weighted by molar-refractivity contribution is 0.0936. The van der Waals surface area contributed by atoms with E-state index >= 15 is 0 Å². The van der Waals surface area contributed by atoms with Crippen LogP contribution in [0.15, 0.2) is 84.9 Å². The van der Waals surface area contributed by atoms with Crippen molar-refractivity contribution in [2.45, 2.75) is 25.8 Å². The van der Waals surface area contributed by atoms with Gasteiger partial charge in [0.1, 0.15) is 0 Å². The Balaban J connectivity index is 1.88. The number of hydrogen-bond acceptors (Lipinski definition) is 3. The van der Waals surface area contributed by atoms with E-state index in [1.807, 2.05) is 91.9 Å². The molecule has 31 heavy (non-hydrogen) atoms. The van der Waals surface area contributed by atoms with Gasteiger partial charge in [-0.25, -0.2) is 4.98 Å². The first kappa shape index (κ1) is 20.3. The minimum atomic E-state index is -0.184. The molecular formula is C27H23N3O. The number of rotatable bonds is 6. The Labute approximate surface area is 182 Å². The van der Waals surface area contributed by atoms with Crippen LogP contribution in [0.4, 0.5) is 0 Å². The standard InChI is InChI=1S/C27H23N3O/c1-2-23(19-11-5-3-6-12-19)30-27(31)25-21-15-9-10-16-24(21)29-26(22(25)17-18-28)20-13-7-4-8-14-20/h3-16,23H,2,17H2,1H3,(H,30,31). The lowest BCUT2D eigenvalue weighted by Gasteiger charge is -2.20. The van der Waals surface area contributed by atoms with Gasteiger partial charge in [-0.2, -0.15) is 5.26 Å². The zero-order chi connectivity index (χ0) is 21.6. The monoisotopic (exact) mass is 405 g/mol. The molecule has 0 aliphatic heterocycles. The van der Waals surface area contributed by atoms with Crippen LogP contribution in [0.3, 0.4) is 0 Å². The van der Waals surface area contributed by atoms with E-state index in [1.165, 1.54) is 0 Å². The number of aromatic nitrogens is 1. The molecular weight excluding hydrogens is 382 g/mol. The Bertz CT molecular complexity index is 1240. The fourth-order valence-corrected chi connectivity index (χ4v) is 3.93. The minimum Gasteiger partial charge on any atom is -0.345 e. The van der Waals surface area contributed by atoms with Crippen LogP contribution in [-0.4, -0.2) is 10.9 Å². The summed E-state index contributed by atoms with van der Waals surface area (Å²) >= 11 is 0. The second kappa shape index (κ2) is 9.23. The maximum Gasteiger partial charge on any atom is 0.252 e. The van der Waals surface area contributed by atoms with Crippen LogP contribution in [0.25, 0.3) is 22.2 Å². The van der Waals surface area contributed by atoms with E-state index < -0.39 is 0 Å². The van der Waals surface area contributed by atoms with E-state index in [-0.39, 0.29) is 18.4 Å². The van der Waals surface area contributed by atoms with E-state index in [9.17, 15) is 10.1 Å². The second-order valence-electron chi connectivity index (χ2n) is 7.38.